The highest BCUT2D eigenvalue weighted by Crippen LogP contribution is 2.48. The van der Waals surface area contributed by atoms with E-state index in [1.165, 1.54) is 6.08 Å². The molecule has 1 amide bonds. The Morgan fingerprint density at radius 1 is 0.922 bits per heavy atom. The number of ether oxygens (including phenoxy) is 1. The molecule has 0 bridgehead atoms. The van der Waals surface area contributed by atoms with Gasteiger partial charge in [-0.15, -0.1) is 0 Å². The predicted octanol–water partition coefficient (Wildman–Crippen LogP) is 8.74. The van der Waals surface area contributed by atoms with Crippen molar-refractivity contribution >= 4 is 29.3 Å². The molecule has 51 heavy (non-hydrogen) atoms. The summed E-state index contributed by atoms with van der Waals surface area (Å²) >= 11 is 5.63. The quantitative estimate of drug-likeness (QED) is 0.0564. The molecule has 3 atom stereocenters. The zero-order valence-electron chi connectivity index (χ0n) is 29.9. The van der Waals surface area contributed by atoms with Crippen LogP contribution in [-0.4, -0.2) is 51.0 Å². The van der Waals surface area contributed by atoms with Crippen LogP contribution in [-0.2, 0) is 19.9 Å². The number of alkyl halides is 4. The third-order valence-corrected chi connectivity index (χ3v) is 9.93. The zero-order valence-corrected chi connectivity index (χ0v) is 30.7. The maximum absolute atomic E-state index is 14.5. The number of carbonyl (C=O) groups excluding carboxylic acids is 2. The van der Waals surface area contributed by atoms with Gasteiger partial charge in [0.05, 0.1) is 17.9 Å². The van der Waals surface area contributed by atoms with Crippen molar-refractivity contribution in [1.29, 1.82) is 0 Å². The Kier molecular flexibility index (Phi) is 16.1. The maximum Gasteiger partial charge on any atom is 0.267 e. The van der Waals surface area contributed by atoms with Crippen LogP contribution in [0.15, 0.2) is 72.8 Å². The average Bonchev–Trinajstić information content (AvgIpc) is 3.41. The Hall–Kier alpha value is -3.31. The van der Waals surface area contributed by atoms with Gasteiger partial charge >= 0.3 is 0 Å². The lowest BCUT2D eigenvalue weighted by Gasteiger charge is -2.40. The number of allylic oxidation sites excluding steroid dienone is 1. The molecule has 1 aliphatic heterocycles. The number of thiocarbonyl (C=S) groups is 1. The molecule has 0 unspecified atom stereocenters. The van der Waals surface area contributed by atoms with Crippen molar-refractivity contribution in [2.75, 3.05) is 0 Å². The van der Waals surface area contributed by atoms with Gasteiger partial charge in [-0.2, -0.15) is 0 Å². The van der Waals surface area contributed by atoms with Crippen molar-refractivity contribution in [2.45, 2.75) is 134 Å². The fraction of sp³-hybridized carbons (Fsp3) is 0.575. The van der Waals surface area contributed by atoms with Crippen LogP contribution < -0.4 is 5.11 Å². The van der Waals surface area contributed by atoms with Gasteiger partial charge < -0.3 is 19.7 Å². The lowest BCUT2D eigenvalue weighted by atomic mass is 9.75. The van der Waals surface area contributed by atoms with E-state index in [0.717, 1.165) is 36.7 Å². The van der Waals surface area contributed by atoms with E-state index in [-0.39, 0.29) is 23.9 Å². The van der Waals surface area contributed by atoms with E-state index in [2.05, 4.69) is 6.92 Å². The van der Waals surface area contributed by atoms with Gasteiger partial charge in [0.25, 0.3) is 5.17 Å². The smallest absolute Gasteiger partial charge is 0.267 e. The van der Waals surface area contributed by atoms with Crippen LogP contribution in [0.3, 0.4) is 0 Å². The van der Waals surface area contributed by atoms with Crippen LogP contribution >= 0.6 is 12.2 Å². The fourth-order valence-electron chi connectivity index (χ4n) is 7.05. The van der Waals surface area contributed by atoms with Gasteiger partial charge in [0.1, 0.15) is 5.60 Å². The van der Waals surface area contributed by atoms with Gasteiger partial charge in [-0.1, -0.05) is 132 Å². The van der Waals surface area contributed by atoms with Gasteiger partial charge in [-0.25, -0.2) is 17.6 Å². The third-order valence-electron chi connectivity index (χ3n) is 9.65. The molecule has 2 aromatic carbocycles. The maximum atomic E-state index is 14.5. The number of carboxylic acids is 1. The highest BCUT2D eigenvalue weighted by Gasteiger charge is 2.59. The number of aliphatic hydroxyl groups is 1. The van der Waals surface area contributed by atoms with Crippen molar-refractivity contribution in [2.24, 2.45) is 11.8 Å². The molecular formula is C40H52F4NO5S-. The molecule has 1 saturated heterocycles. The van der Waals surface area contributed by atoms with Crippen molar-refractivity contribution in [1.82, 2.24) is 4.90 Å². The van der Waals surface area contributed by atoms with Crippen molar-refractivity contribution in [3.8, 4) is 0 Å². The Labute approximate surface area is 305 Å². The predicted molar refractivity (Wildman–Crippen MR) is 192 cm³/mol. The molecule has 0 saturated carbocycles. The molecule has 0 aliphatic carbocycles. The third kappa shape index (κ3) is 10.9. The Morgan fingerprint density at radius 2 is 1.43 bits per heavy atom. The van der Waals surface area contributed by atoms with Crippen molar-refractivity contribution in [3.05, 3.63) is 83.9 Å². The molecule has 1 aliphatic rings. The normalized spacial score (nSPS) is 18.0. The second-order valence-corrected chi connectivity index (χ2v) is 14.3. The van der Waals surface area contributed by atoms with Crippen LogP contribution in [0, 0.1) is 11.8 Å². The van der Waals surface area contributed by atoms with Gasteiger partial charge in [0.15, 0.2) is 5.60 Å². The molecular weight excluding hydrogens is 683 g/mol. The molecule has 1 heterocycles. The van der Waals surface area contributed by atoms with Gasteiger partial charge in [-0.3, -0.25) is 9.69 Å². The van der Waals surface area contributed by atoms with Gasteiger partial charge in [-0.05, 0) is 43.8 Å². The number of benzene rings is 2. The minimum absolute atomic E-state index is 0.115. The molecule has 6 nitrogen and oxygen atoms in total. The summed E-state index contributed by atoms with van der Waals surface area (Å²) in [6.07, 6.45) is 4.12. The second kappa shape index (κ2) is 19.5. The number of carboxylic acid groups (broad SMARTS) is 1. The number of nitrogens with zero attached hydrogens (tertiary/aromatic N) is 1. The van der Waals surface area contributed by atoms with E-state index in [4.69, 9.17) is 17.0 Å². The van der Waals surface area contributed by atoms with E-state index < -0.39 is 53.8 Å². The van der Waals surface area contributed by atoms with Crippen LogP contribution in [0.5, 0.6) is 0 Å². The summed E-state index contributed by atoms with van der Waals surface area (Å²) in [6, 6.07) is 17.3. The molecule has 3 rings (SSSR count). The summed E-state index contributed by atoms with van der Waals surface area (Å²) < 4.78 is 62.6. The first kappa shape index (κ1) is 42.1. The van der Waals surface area contributed by atoms with Crippen LogP contribution in [0.2, 0.25) is 0 Å². The van der Waals surface area contributed by atoms with E-state index in [1.807, 2.05) is 50.2 Å². The van der Waals surface area contributed by atoms with Crippen LogP contribution in [0.25, 0.3) is 0 Å². The van der Waals surface area contributed by atoms with E-state index >= 15 is 0 Å². The van der Waals surface area contributed by atoms with E-state index in [9.17, 15) is 37.4 Å². The molecule has 2 aromatic rings. The number of rotatable bonds is 22. The van der Waals surface area contributed by atoms with Crippen LogP contribution in [0.1, 0.15) is 115 Å². The summed E-state index contributed by atoms with van der Waals surface area (Å²) in [4.78, 5) is 28.0. The first-order valence-electron chi connectivity index (χ1n) is 18.1. The fourth-order valence-corrected chi connectivity index (χ4v) is 7.38. The molecule has 282 valence electrons. The average molecular weight is 735 g/mol. The first-order valence-corrected chi connectivity index (χ1v) is 18.6. The summed E-state index contributed by atoms with van der Waals surface area (Å²) in [7, 11) is 0. The minimum Gasteiger partial charge on any atom is -0.547 e. The summed E-state index contributed by atoms with van der Waals surface area (Å²) in [5.74, 6) is -8.31. The lowest BCUT2D eigenvalue weighted by Crippen LogP contribution is -2.60. The lowest BCUT2D eigenvalue weighted by molar-refractivity contribution is -0.329. The molecule has 0 spiro atoms. The summed E-state index contributed by atoms with van der Waals surface area (Å²) in [6.45, 7) is 5.75. The van der Waals surface area contributed by atoms with Gasteiger partial charge in [0, 0.05) is 30.4 Å². The highest BCUT2D eigenvalue weighted by atomic mass is 32.1. The Bertz CT molecular complexity index is 1380. The largest absolute Gasteiger partial charge is 0.547 e. The second-order valence-electron chi connectivity index (χ2n) is 13.9. The molecule has 1 fully saturated rings. The standard InChI is InChI=1S/C40H53F4NO5S/c1-4-5-6-10-19-26-38(43,44)27-20-11-8-7-9-18-25-32(39(49,36(47)48)28-33(41)42)35(46)45-34(29(2)3)40(50-37(45)51,30-21-14-12-15-22-30)31-23-16-13-17-24-31/h12-18,21-25,29,32-34,49H,4-11,19-20,26-28H2,1-3H3,(H,47,48)/p-1/b25-18+/t32-,34+,39+/m1/s1. The number of hydrogen-bond donors (Lipinski definition) is 1. The molecule has 0 aromatic heterocycles. The van der Waals surface area contributed by atoms with E-state index in [1.54, 1.807) is 24.3 Å². The molecule has 1 N–H and O–H groups in total. The Morgan fingerprint density at radius 3 is 1.90 bits per heavy atom. The SMILES string of the molecule is CCCCCCCC(F)(F)CCCCCC/C=C/[C@H](C(=O)N1C(=S)OC(c2ccccc2)(c2ccccc2)[C@@H]1C(C)C)[C@@](O)(CC(F)F)C(=O)[O-]. The van der Waals surface area contributed by atoms with E-state index in [0.29, 0.717) is 49.7 Å². The first-order chi connectivity index (χ1) is 24.2. The number of hydrogen-bond acceptors (Lipinski definition) is 6. The van der Waals surface area contributed by atoms with Crippen LogP contribution in [0.4, 0.5) is 17.6 Å². The van der Waals surface area contributed by atoms with Gasteiger partial charge in [0.2, 0.25) is 18.3 Å². The van der Waals surface area contributed by atoms with Crippen molar-refractivity contribution < 1.29 is 42.1 Å². The summed E-state index contributed by atoms with van der Waals surface area (Å²) in [5.41, 5.74) is -3.29. The topological polar surface area (TPSA) is 89.9 Å². The number of carbonyl (C=O) groups is 2. The minimum atomic E-state index is -3.28. The zero-order chi connectivity index (χ0) is 37.7. The summed E-state index contributed by atoms with van der Waals surface area (Å²) in [5, 5.41) is 23.4. The molecule has 11 heteroatoms. The highest BCUT2D eigenvalue weighted by molar-refractivity contribution is 7.80. The number of aliphatic carboxylic acids is 1. The number of amides is 1. The Balaban J connectivity index is 1.83. The number of halogens is 4. The number of unbranched alkanes of at least 4 members (excludes halogenated alkanes) is 8. The van der Waals surface area contributed by atoms with Crippen molar-refractivity contribution in [3.63, 3.8) is 0 Å². The molecule has 0 radical (unpaired) electrons. The monoisotopic (exact) mass is 734 g/mol.